The molecule has 2 aromatic rings. The van der Waals surface area contributed by atoms with Gasteiger partial charge >= 0.3 is 12.0 Å². The van der Waals surface area contributed by atoms with Crippen LogP contribution in [0.3, 0.4) is 0 Å². The number of hydrogen-bond donors (Lipinski definition) is 1. The first-order chi connectivity index (χ1) is 10.1. The van der Waals surface area contributed by atoms with Gasteiger partial charge in [-0.3, -0.25) is 0 Å². The molecule has 1 heterocycles. The van der Waals surface area contributed by atoms with Crippen LogP contribution in [0.5, 0.6) is 17.8 Å². The molecular formula is C13H14BrClN4O2. The van der Waals surface area contributed by atoms with Crippen LogP contribution in [0.15, 0.2) is 22.7 Å². The van der Waals surface area contributed by atoms with Crippen LogP contribution in [0.1, 0.15) is 13.3 Å². The Morgan fingerprint density at radius 2 is 2.00 bits per heavy atom. The highest BCUT2D eigenvalue weighted by Crippen LogP contribution is 2.31. The molecule has 0 radical (unpaired) electrons. The molecule has 0 aliphatic carbocycles. The third-order valence-corrected chi connectivity index (χ3v) is 3.20. The maximum absolute atomic E-state index is 5.89. The van der Waals surface area contributed by atoms with E-state index in [1.165, 1.54) is 0 Å². The Kier molecular flexibility index (Phi) is 5.58. The molecule has 0 unspecified atom stereocenters. The molecule has 0 aliphatic rings. The molecule has 0 amide bonds. The van der Waals surface area contributed by atoms with Crippen molar-refractivity contribution in [3.63, 3.8) is 0 Å². The van der Waals surface area contributed by atoms with Gasteiger partial charge in [0, 0.05) is 12.1 Å². The topological polar surface area (TPSA) is 69.2 Å². The van der Waals surface area contributed by atoms with E-state index in [9.17, 15) is 0 Å². The Morgan fingerprint density at radius 3 is 2.67 bits per heavy atom. The predicted molar refractivity (Wildman–Crippen MR) is 84.4 cm³/mol. The summed E-state index contributed by atoms with van der Waals surface area (Å²) in [7, 11) is 1.71. The molecule has 21 heavy (non-hydrogen) atoms. The van der Waals surface area contributed by atoms with Crippen LogP contribution >= 0.6 is 27.5 Å². The molecule has 0 bridgehead atoms. The molecule has 0 atom stereocenters. The fourth-order valence-electron chi connectivity index (χ4n) is 1.41. The third kappa shape index (κ3) is 4.44. The van der Waals surface area contributed by atoms with Crippen LogP contribution in [0.25, 0.3) is 0 Å². The van der Waals surface area contributed by atoms with Crippen molar-refractivity contribution in [3.05, 3.63) is 27.7 Å². The number of hydrogen-bond acceptors (Lipinski definition) is 6. The number of nitrogens with zero attached hydrogens (tertiary/aromatic N) is 3. The lowest BCUT2D eigenvalue weighted by atomic mass is 10.3. The lowest BCUT2D eigenvalue weighted by Gasteiger charge is -2.09. The molecule has 1 aromatic heterocycles. The van der Waals surface area contributed by atoms with Crippen LogP contribution < -0.4 is 14.8 Å². The van der Waals surface area contributed by atoms with Crippen LogP contribution in [-0.4, -0.2) is 28.6 Å². The monoisotopic (exact) mass is 372 g/mol. The van der Waals surface area contributed by atoms with Crippen LogP contribution in [-0.2, 0) is 0 Å². The normalized spacial score (nSPS) is 10.3. The van der Waals surface area contributed by atoms with Crippen molar-refractivity contribution in [1.82, 2.24) is 15.0 Å². The van der Waals surface area contributed by atoms with E-state index in [-0.39, 0.29) is 12.0 Å². The van der Waals surface area contributed by atoms with Crippen molar-refractivity contribution in [2.24, 2.45) is 0 Å². The van der Waals surface area contributed by atoms with E-state index in [1.807, 2.05) is 6.92 Å². The van der Waals surface area contributed by atoms with Gasteiger partial charge in [-0.2, -0.15) is 9.97 Å². The number of halogens is 2. The van der Waals surface area contributed by atoms with Crippen molar-refractivity contribution in [1.29, 1.82) is 0 Å². The van der Waals surface area contributed by atoms with E-state index < -0.39 is 0 Å². The van der Waals surface area contributed by atoms with E-state index >= 15 is 0 Å². The Labute approximate surface area is 136 Å². The quantitative estimate of drug-likeness (QED) is 0.828. The zero-order valence-corrected chi connectivity index (χ0v) is 13.9. The second-order valence-corrected chi connectivity index (χ2v) is 5.29. The summed E-state index contributed by atoms with van der Waals surface area (Å²) < 4.78 is 11.8. The predicted octanol–water partition coefficient (Wildman–Crippen LogP) is 3.91. The SMILES string of the molecule is CCCOc1nc(NC)nc(Oc2ccc(Cl)cc2Br)n1. The summed E-state index contributed by atoms with van der Waals surface area (Å²) in [4.78, 5) is 12.3. The van der Waals surface area contributed by atoms with Crippen molar-refractivity contribution < 1.29 is 9.47 Å². The Balaban J connectivity index is 2.25. The lowest BCUT2D eigenvalue weighted by molar-refractivity contribution is 0.285. The van der Waals surface area contributed by atoms with Crippen molar-refractivity contribution in [2.45, 2.75) is 13.3 Å². The van der Waals surface area contributed by atoms with Gasteiger partial charge in [-0.05, 0) is 40.5 Å². The third-order valence-electron chi connectivity index (χ3n) is 2.35. The fourth-order valence-corrected chi connectivity index (χ4v) is 2.17. The van der Waals surface area contributed by atoms with Crippen LogP contribution in [0.4, 0.5) is 5.95 Å². The number of ether oxygens (including phenoxy) is 2. The second-order valence-electron chi connectivity index (χ2n) is 4.00. The van der Waals surface area contributed by atoms with E-state index in [1.54, 1.807) is 25.2 Å². The zero-order chi connectivity index (χ0) is 15.2. The lowest BCUT2D eigenvalue weighted by Crippen LogP contribution is -2.06. The van der Waals surface area contributed by atoms with E-state index in [0.29, 0.717) is 27.8 Å². The summed E-state index contributed by atoms with van der Waals surface area (Å²) in [6.45, 7) is 2.53. The highest BCUT2D eigenvalue weighted by atomic mass is 79.9. The molecule has 8 heteroatoms. The van der Waals surface area contributed by atoms with E-state index in [0.717, 1.165) is 6.42 Å². The smallest absolute Gasteiger partial charge is 0.330 e. The Bertz CT molecular complexity index is 627. The van der Waals surface area contributed by atoms with Crippen molar-refractivity contribution in [2.75, 3.05) is 19.0 Å². The van der Waals surface area contributed by atoms with Gasteiger partial charge in [-0.25, -0.2) is 0 Å². The summed E-state index contributed by atoms with van der Waals surface area (Å²) in [5, 5.41) is 3.44. The molecular weight excluding hydrogens is 360 g/mol. The summed E-state index contributed by atoms with van der Waals surface area (Å²) >= 11 is 9.27. The summed E-state index contributed by atoms with van der Waals surface area (Å²) in [6, 6.07) is 5.53. The van der Waals surface area contributed by atoms with Crippen molar-refractivity contribution >= 4 is 33.5 Å². The Hall–Kier alpha value is -1.60. The summed E-state index contributed by atoms with van der Waals surface area (Å²) in [5.74, 6) is 0.922. The number of rotatable bonds is 6. The van der Waals surface area contributed by atoms with Crippen molar-refractivity contribution in [3.8, 4) is 17.8 Å². The molecule has 112 valence electrons. The number of anilines is 1. The molecule has 0 saturated heterocycles. The fraction of sp³-hybridized carbons (Fsp3) is 0.308. The molecule has 1 aromatic carbocycles. The maximum Gasteiger partial charge on any atom is 0.330 e. The standard InChI is InChI=1S/C13H14BrClN4O2/c1-3-6-20-12-17-11(16-2)18-13(19-12)21-10-5-4-8(15)7-9(10)14/h4-5,7H,3,6H2,1-2H3,(H,16,17,18,19). The minimum atomic E-state index is 0.142. The average molecular weight is 374 g/mol. The minimum Gasteiger partial charge on any atom is -0.463 e. The first-order valence-electron chi connectivity index (χ1n) is 6.32. The zero-order valence-electron chi connectivity index (χ0n) is 11.6. The van der Waals surface area contributed by atoms with Gasteiger partial charge in [0.15, 0.2) is 0 Å². The molecule has 0 fully saturated rings. The van der Waals surface area contributed by atoms with Gasteiger partial charge in [-0.15, -0.1) is 4.98 Å². The van der Waals surface area contributed by atoms with Gasteiger partial charge in [0.25, 0.3) is 0 Å². The van der Waals surface area contributed by atoms with E-state index in [2.05, 4.69) is 36.2 Å². The summed E-state index contributed by atoms with van der Waals surface area (Å²) in [6.07, 6.45) is 0.861. The van der Waals surface area contributed by atoms with Crippen LogP contribution in [0.2, 0.25) is 5.02 Å². The first kappa shape index (κ1) is 15.8. The van der Waals surface area contributed by atoms with E-state index in [4.69, 9.17) is 21.1 Å². The number of aromatic nitrogens is 3. The minimum absolute atomic E-state index is 0.142. The molecule has 0 aliphatic heterocycles. The highest BCUT2D eigenvalue weighted by molar-refractivity contribution is 9.10. The summed E-state index contributed by atoms with van der Waals surface area (Å²) in [5.41, 5.74) is 0. The largest absolute Gasteiger partial charge is 0.463 e. The highest BCUT2D eigenvalue weighted by Gasteiger charge is 2.10. The molecule has 2 rings (SSSR count). The molecule has 0 spiro atoms. The molecule has 6 nitrogen and oxygen atoms in total. The number of nitrogens with one attached hydrogen (secondary N) is 1. The van der Waals surface area contributed by atoms with Gasteiger partial charge in [0.05, 0.1) is 11.1 Å². The van der Waals surface area contributed by atoms with Gasteiger partial charge in [0.2, 0.25) is 5.95 Å². The molecule has 1 N–H and O–H groups in total. The van der Waals surface area contributed by atoms with Gasteiger partial charge in [-0.1, -0.05) is 18.5 Å². The molecule has 0 saturated carbocycles. The average Bonchev–Trinajstić information content (AvgIpc) is 2.48. The Morgan fingerprint density at radius 1 is 1.24 bits per heavy atom. The van der Waals surface area contributed by atoms with Gasteiger partial charge in [0.1, 0.15) is 5.75 Å². The second kappa shape index (κ2) is 7.42. The van der Waals surface area contributed by atoms with Gasteiger partial charge < -0.3 is 14.8 Å². The van der Waals surface area contributed by atoms with Crippen LogP contribution in [0, 0.1) is 0 Å². The first-order valence-corrected chi connectivity index (χ1v) is 7.49. The number of benzene rings is 1. The maximum atomic E-state index is 5.89.